The lowest BCUT2D eigenvalue weighted by molar-refractivity contribution is 1.29. The number of hydrogen-bond donors (Lipinski definition) is 0. The molecule has 234 valence electrons. The fourth-order valence-corrected chi connectivity index (χ4v) is 8.83. The zero-order valence-electron chi connectivity index (χ0n) is 27.3. The highest BCUT2D eigenvalue weighted by Crippen LogP contribution is 2.46. The number of hydrogen-bond acceptors (Lipinski definition) is 2. The molecule has 2 heteroatoms. The Kier molecular flexibility index (Phi) is 6.75. The zero-order valence-corrected chi connectivity index (χ0v) is 28.1. The largest absolute Gasteiger partial charge is 0.310 e. The topological polar surface area (TPSA) is 3.24 Å². The van der Waals surface area contributed by atoms with Crippen molar-refractivity contribution in [2.75, 3.05) is 4.90 Å². The Morgan fingerprint density at radius 2 is 0.940 bits per heavy atom. The Bertz CT molecular complexity index is 2890. The highest BCUT2D eigenvalue weighted by Gasteiger charge is 2.21. The van der Waals surface area contributed by atoms with E-state index in [2.05, 4.69) is 193 Å². The maximum absolute atomic E-state index is 2.46. The van der Waals surface area contributed by atoms with Crippen LogP contribution in [0.25, 0.3) is 74.7 Å². The van der Waals surface area contributed by atoms with E-state index in [1.54, 1.807) is 0 Å². The molecule has 0 spiro atoms. The molecular formula is C48H31NS. The molecule has 1 nitrogen and oxygen atoms in total. The summed E-state index contributed by atoms with van der Waals surface area (Å²) in [5.74, 6) is 0. The molecule has 0 aliphatic carbocycles. The summed E-state index contributed by atoms with van der Waals surface area (Å²) in [4.78, 5) is 2.46. The highest BCUT2D eigenvalue weighted by molar-refractivity contribution is 7.25. The number of rotatable bonds is 5. The summed E-state index contributed by atoms with van der Waals surface area (Å²) in [7, 11) is 0. The molecular weight excluding hydrogens is 623 g/mol. The van der Waals surface area contributed by atoms with Gasteiger partial charge in [0, 0.05) is 37.1 Å². The van der Waals surface area contributed by atoms with Gasteiger partial charge in [-0.1, -0.05) is 140 Å². The first-order valence-corrected chi connectivity index (χ1v) is 17.9. The molecule has 0 amide bonds. The maximum atomic E-state index is 2.46. The molecule has 1 aromatic heterocycles. The van der Waals surface area contributed by atoms with Crippen molar-refractivity contribution in [3.8, 4) is 22.3 Å². The van der Waals surface area contributed by atoms with Gasteiger partial charge in [0.05, 0.1) is 5.69 Å². The van der Waals surface area contributed by atoms with E-state index in [-0.39, 0.29) is 0 Å². The van der Waals surface area contributed by atoms with E-state index >= 15 is 0 Å². The number of nitrogens with zero attached hydrogens (tertiary/aromatic N) is 1. The van der Waals surface area contributed by atoms with Crippen LogP contribution < -0.4 is 4.90 Å². The molecule has 0 N–H and O–H groups in total. The van der Waals surface area contributed by atoms with Gasteiger partial charge in [0.2, 0.25) is 0 Å². The second kappa shape index (κ2) is 11.7. The first kappa shape index (κ1) is 28.8. The highest BCUT2D eigenvalue weighted by atomic mass is 32.1. The minimum absolute atomic E-state index is 1.12. The van der Waals surface area contributed by atoms with Gasteiger partial charge >= 0.3 is 0 Å². The molecule has 0 aliphatic heterocycles. The van der Waals surface area contributed by atoms with E-state index in [9.17, 15) is 0 Å². The maximum Gasteiger partial charge on any atom is 0.0540 e. The minimum Gasteiger partial charge on any atom is -0.310 e. The molecule has 50 heavy (non-hydrogen) atoms. The minimum atomic E-state index is 1.12. The second-order valence-corrected chi connectivity index (χ2v) is 14.0. The predicted molar refractivity (Wildman–Crippen MR) is 217 cm³/mol. The number of benzene rings is 9. The van der Waals surface area contributed by atoms with Crippen LogP contribution in [0.3, 0.4) is 0 Å². The Balaban J connectivity index is 1.25. The van der Waals surface area contributed by atoms with Crippen molar-refractivity contribution >= 4 is 80.9 Å². The second-order valence-electron chi connectivity index (χ2n) is 12.9. The summed E-state index contributed by atoms with van der Waals surface area (Å²) in [6.45, 7) is 0. The van der Waals surface area contributed by atoms with Crippen LogP contribution in [0.4, 0.5) is 17.1 Å². The molecule has 10 aromatic rings. The lowest BCUT2D eigenvalue weighted by Crippen LogP contribution is -2.11. The van der Waals surface area contributed by atoms with E-state index < -0.39 is 0 Å². The molecule has 0 unspecified atom stereocenters. The van der Waals surface area contributed by atoms with Crippen molar-refractivity contribution in [1.82, 2.24) is 0 Å². The van der Waals surface area contributed by atoms with E-state index in [0.29, 0.717) is 0 Å². The van der Waals surface area contributed by atoms with Gasteiger partial charge in [0.25, 0.3) is 0 Å². The van der Waals surface area contributed by atoms with Gasteiger partial charge in [-0.3, -0.25) is 0 Å². The molecule has 0 atom stereocenters. The van der Waals surface area contributed by atoms with Crippen molar-refractivity contribution < 1.29 is 0 Å². The monoisotopic (exact) mass is 653 g/mol. The Labute approximate surface area is 294 Å². The third-order valence-electron chi connectivity index (χ3n) is 10.0. The van der Waals surface area contributed by atoms with E-state index in [1.165, 1.54) is 74.7 Å². The fourth-order valence-electron chi connectivity index (χ4n) is 7.74. The van der Waals surface area contributed by atoms with Crippen LogP contribution >= 0.6 is 11.3 Å². The lowest BCUT2D eigenvalue weighted by atomic mass is 9.92. The third kappa shape index (κ3) is 4.69. The van der Waals surface area contributed by atoms with Gasteiger partial charge in [-0.25, -0.2) is 0 Å². The van der Waals surface area contributed by atoms with Gasteiger partial charge in [0.1, 0.15) is 0 Å². The van der Waals surface area contributed by atoms with E-state index in [4.69, 9.17) is 0 Å². The number of fused-ring (bicyclic) bond motifs is 7. The normalized spacial score (nSPS) is 11.6. The van der Waals surface area contributed by atoms with Gasteiger partial charge in [-0.15, -0.1) is 11.3 Å². The van der Waals surface area contributed by atoms with Crippen molar-refractivity contribution in [3.63, 3.8) is 0 Å². The van der Waals surface area contributed by atoms with Crippen molar-refractivity contribution in [3.05, 3.63) is 188 Å². The Morgan fingerprint density at radius 1 is 0.320 bits per heavy atom. The molecule has 9 aromatic carbocycles. The zero-order chi connectivity index (χ0) is 33.0. The Morgan fingerprint density at radius 3 is 1.84 bits per heavy atom. The first-order valence-electron chi connectivity index (χ1n) is 17.1. The number of anilines is 3. The quantitative estimate of drug-likeness (QED) is 0.167. The smallest absolute Gasteiger partial charge is 0.0540 e. The standard InChI is InChI=1S/C48H31NS/c1-3-18-37-32(13-1)15-12-24-38(37)33-16-11-17-35(29-33)49(36-27-28-48-45(31-36)43-23-8-10-26-47(43)50-48)46-25-9-7-22-42(46)44-30-34-14-2-4-19-39(34)40-20-5-6-21-41(40)44/h1-31H. The summed E-state index contributed by atoms with van der Waals surface area (Å²) in [5, 5.41) is 10.1. The SMILES string of the molecule is c1cc(-c2cccc3ccccc23)cc(N(c2ccc3sc4ccccc4c3c2)c2ccccc2-c2cc3ccccc3c3ccccc23)c1. The van der Waals surface area contributed by atoms with Crippen LogP contribution in [0.1, 0.15) is 0 Å². The fraction of sp³-hybridized carbons (Fsp3) is 0. The summed E-state index contributed by atoms with van der Waals surface area (Å²) in [6, 6.07) is 68.9. The summed E-state index contributed by atoms with van der Waals surface area (Å²) in [6.07, 6.45) is 0. The van der Waals surface area contributed by atoms with Crippen LogP contribution in [-0.4, -0.2) is 0 Å². The van der Waals surface area contributed by atoms with Gasteiger partial charge in [0.15, 0.2) is 0 Å². The number of para-hydroxylation sites is 1. The molecule has 0 aliphatic rings. The molecule has 0 saturated heterocycles. The molecule has 10 rings (SSSR count). The molecule has 1 heterocycles. The van der Waals surface area contributed by atoms with Crippen LogP contribution in [0.15, 0.2) is 188 Å². The number of thiophene rings is 1. The van der Waals surface area contributed by atoms with Crippen molar-refractivity contribution in [1.29, 1.82) is 0 Å². The molecule has 0 bridgehead atoms. The molecule has 0 fully saturated rings. The average Bonchev–Trinajstić information content (AvgIpc) is 3.56. The van der Waals surface area contributed by atoms with Crippen molar-refractivity contribution in [2.24, 2.45) is 0 Å². The van der Waals surface area contributed by atoms with Crippen LogP contribution in [-0.2, 0) is 0 Å². The lowest BCUT2D eigenvalue weighted by Gasteiger charge is -2.29. The van der Waals surface area contributed by atoms with Gasteiger partial charge in [-0.05, 0) is 97.5 Å². The summed E-state index contributed by atoms with van der Waals surface area (Å²) >= 11 is 1.86. The average molecular weight is 654 g/mol. The summed E-state index contributed by atoms with van der Waals surface area (Å²) < 4.78 is 2.61. The van der Waals surface area contributed by atoms with Gasteiger partial charge < -0.3 is 4.90 Å². The third-order valence-corrected chi connectivity index (χ3v) is 11.2. The summed E-state index contributed by atoms with van der Waals surface area (Å²) in [5.41, 5.74) is 8.24. The van der Waals surface area contributed by atoms with E-state index in [1.807, 2.05) is 11.3 Å². The predicted octanol–water partition coefficient (Wildman–Crippen LogP) is 14.3. The van der Waals surface area contributed by atoms with Crippen LogP contribution in [0.5, 0.6) is 0 Å². The Hall–Kier alpha value is -6.22. The van der Waals surface area contributed by atoms with E-state index in [0.717, 1.165) is 17.1 Å². The van der Waals surface area contributed by atoms with Crippen molar-refractivity contribution in [2.45, 2.75) is 0 Å². The van der Waals surface area contributed by atoms with Gasteiger partial charge in [-0.2, -0.15) is 0 Å². The molecule has 0 saturated carbocycles. The molecule has 0 radical (unpaired) electrons. The first-order chi connectivity index (χ1) is 24.8. The van der Waals surface area contributed by atoms with Crippen LogP contribution in [0, 0.1) is 0 Å². The van der Waals surface area contributed by atoms with Crippen LogP contribution in [0.2, 0.25) is 0 Å².